The largest absolute Gasteiger partial charge is 0.495 e. The summed E-state index contributed by atoms with van der Waals surface area (Å²) in [6, 6.07) is 18.1. The number of nitrogens with zero attached hydrogens (tertiary/aromatic N) is 3. The second-order valence-electron chi connectivity index (χ2n) is 8.45. The Bertz CT molecular complexity index is 1380. The highest BCUT2D eigenvalue weighted by Gasteiger charge is 2.49. The number of benzene rings is 2. The molecular weight excluding hydrogens is 451 g/mol. The number of nitrogens with one attached hydrogen (secondary N) is 1. The first-order chi connectivity index (χ1) is 16.9. The molecule has 5 rings (SSSR count). The van der Waals surface area contributed by atoms with Crippen LogP contribution in [0.5, 0.6) is 5.75 Å². The van der Waals surface area contributed by atoms with Crippen molar-refractivity contribution in [2.24, 2.45) is 0 Å². The van der Waals surface area contributed by atoms with Crippen molar-refractivity contribution < 1.29 is 23.1 Å². The molecule has 0 fully saturated rings. The fourth-order valence-corrected chi connectivity index (χ4v) is 4.29. The number of furan rings is 1. The summed E-state index contributed by atoms with van der Waals surface area (Å²) in [5.74, 6) is -0.165. The fraction of sp³-hybridized carbons (Fsp3) is 0.192. The Balaban J connectivity index is 1.55. The summed E-state index contributed by atoms with van der Waals surface area (Å²) in [5.41, 5.74) is 0.673. The molecule has 1 aliphatic heterocycles. The number of anilines is 1. The molecule has 1 aliphatic rings. The third kappa shape index (κ3) is 3.95. The Labute approximate surface area is 200 Å². The third-order valence-corrected chi connectivity index (χ3v) is 6.11. The summed E-state index contributed by atoms with van der Waals surface area (Å²) < 4.78 is 25.8. The van der Waals surface area contributed by atoms with E-state index < -0.39 is 11.4 Å². The highest BCUT2D eigenvalue weighted by molar-refractivity contribution is 6.12. The van der Waals surface area contributed by atoms with E-state index in [-0.39, 0.29) is 24.8 Å². The number of halogens is 1. The number of hydrogen-bond acceptors (Lipinski definition) is 5. The number of carbonyl (C=O) groups is 2. The molecule has 178 valence electrons. The van der Waals surface area contributed by atoms with Gasteiger partial charge in [0.2, 0.25) is 5.91 Å². The van der Waals surface area contributed by atoms with Crippen molar-refractivity contribution in [3.8, 4) is 17.2 Å². The van der Waals surface area contributed by atoms with Crippen molar-refractivity contribution in [3.05, 3.63) is 90.1 Å². The number of carbonyl (C=O) groups excluding carboxylic acids is 2. The Morgan fingerprint density at radius 2 is 1.94 bits per heavy atom. The van der Waals surface area contributed by atoms with Gasteiger partial charge in [0.15, 0.2) is 5.76 Å². The molecule has 1 N–H and O–H groups in total. The van der Waals surface area contributed by atoms with Crippen LogP contribution in [0.1, 0.15) is 23.0 Å². The SMILES string of the molecule is COc1ccccc1N1C(=O)c2cc(-c3ccco3)nn2C[C@]1(C)C(=O)NCc1ccc(F)cc1. The Morgan fingerprint density at radius 1 is 1.17 bits per heavy atom. The molecule has 0 radical (unpaired) electrons. The molecule has 35 heavy (non-hydrogen) atoms. The summed E-state index contributed by atoms with van der Waals surface area (Å²) in [6.45, 7) is 1.96. The maximum atomic E-state index is 13.9. The van der Waals surface area contributed by atoms with Gasteiger partial charge in [0.1, 0.15) is 28.5 Å². The minimum absolute atomic E-state index is 0.0993. The molecular formula is C26H23FN4O4. The molecule has 8 nitrogen and oxygen atoms in total. The van der Waals surface area contributed by atoms with Crippen LogP contribution >= 0.6 is 0 Å². The van der Waals surface area contributed by atoms with Gasteiger partial charge in [0.25, 0.3) is 5.91 Å². The Morgan fingerprint density at radius 3 is 2.66 bits per heavy atom. The van der Waals surface area contributed by atoms with Gasteiger partial charge in [-0.25, -0.2) is 4.39 Å². The zero-order valence-corrected chi connectivity index (χ0v) is 19.2. The van der Waals surface area contributed by atoms with Crippen LogP contribution in [0.2, 0.25) is 0 Å². The molecule has 0 bridgehead atoms. The topological polar surface area (TPSA) is 89.6 Å². The van der Waals surface area contributed by atoms with E-state index in [1.165, 1.54) is 35.1 Å². The van der Waals surface area contributed by atoms with E-state index >= 15 is 0 Å². The van der Waals surface area contributed by atoms with E-state index in [2.05, 4.69) is 10.4 Å². The maximum Gasteiger partial charge on any atom is 0.277 e. The first-order valence-electron chi connectivity index (χ1n) is 11.0. The van der Waals surface area contributed by atoms with Crippen LogP contribution in [-0.4, -0.2) is 34.2 Å². The fourth-order valence-electron chi connectivity index (χ4n) is 4.29. The molecule has 4 aromatic rings. The predicted octanol–water partition coefficient (Wildman–Crippen LogP) is 4.03. The number of para-hydroxylation sites is 2. The van der Waals surface area contributed by atoms with Gasteiger partial charge in [0, 0.05) is 12.6 Å². The van der Waals surface area contributed by atoms with Crippen LogP contribution in [0.15, 0.2) is 77.4 Å². The van der Waals surface area contributed by atoms with E-state index in [1.807, 2.05) is 0 Å². The van der Waals surface area contributed by atoms with Gasteiger partial charge in [-0.15, -0.1) is 0 Å². The van der Waals surface area contributed by atoms with Crippen molar-refractivity contribution in [2.45, 2.75) is 25.6 Å². The summed E-state index contributed by atoms with van der Waals surface area (Å²) in [5, 5.41) is 7.44. The molecule has 0 spiro atoms. The molecule has 0 aliphatic carbocycles. The van der Waals surface area contributed by atoms with Crippen molar-refractivity contribution >= 4 is 17.5 Å². The van der Waals surface area contributed by atoms with Gasteiger partial charge in [-0.2, -0.15) is 5.10 Å². The first-order valence-corrected chi connectivity index (χ1v) is 11.0. The molecule has 0 unspecified atom stereocenters. The van der Waals surface area contributed by atoms with E-state index in [4.69, 9.17) is 9.15 Å². The molecule has 2 amide bonds. The molecule has 9 heteroatoms. The maximum absolute atomic E-state index is 13.9. The van der Waals surface area contributed by atoms with Crippen molar-refractivity contribution in [3.63, 3.8) is 0 Å². The van der Waals surface area contributed by atoms with Gasteiger partial charge in [-0.1, -0.05) is 24.3 Å². The van der Waals surface area contributed by atoms with Gasteiger partial charge in [0.05, 0.1) is 25.6 Å². The molecule has 2 aromatic carbocycles. The molecule has 2 aromatic heterocycles. The summed E-state index contributed by atoms with van der Waals surface area (Å²) in [4.78, 5) is 29.0. The zero-order valence-electron chi connectivity index (χ0n) is 19.2. The summed E-state index contributed by atoms with van der Waals surface area (Å²) >= 11 is 0. The van der Waals surface area contributed by atoms with Crippen molar-refractivity contribution in [1.29, 1.82) is 0 Å². The number of methoxy groups -OCH3 is 1. The predicted molar refractivity (Wildman–Crippen MR) is 126 cm³/mol. The quantitative estimate of drug-likeness (QED) is 0.456. The molecule has 0 saturated carbocycles. The van der Waals surface area contributed by atoms with Gasteiger partial charge in [-0.05, 0) is 48.9 Å². The lowest BCUT2D eigenvalue weighted by Gasteiger charge is -2.43. The zero-order chi connectivity index (χ0) is 24.6. The number of amides is 2. The first kappa shape index (κ1) is 22.4. The average molecular weight is 474 g/mol. The lowest BCUT2D eigenvalue weighted by atomic mass is 9.93. The molecule has 0 saturated heterocycles. The second-order valence-corrected chi connectivity index (χ2v) is 8.45. The van der Waals surface area contributed by atoms with E-state index in [1.54, 1.807) is 61.5 Å². The van der Waals surface area contributed by atoms with Crippen LogP contribution in [-0.2, 0) is 17.9 Å². The van der Waals surface area contributed by atoms with E-state index in [0.717, 1.165) is 5.56 Å². The summed E-state index contributed by atoms with van der Waals surface area (Å²) in [7, 11) is 1.51. The van der Waals surface area contributed by atoms with Gasteiger partial charge < -0.3 is 14.5 Å². The number of fused-ring (bicyclic) bond motifs is 1. The standard InChI is InChI=1S/C26H23FN4O4/c1-26(25(33)28-15-17-9-11-18(27)12-10-17)16-30-21(14-19(29-30)22-8-5-13-35-22)24(32)31(26)20-6-3-4-7-23(20)34-2/h3-14H,15-16H2,1-2H3,(H,28,33)/t26-/m1/s1. The Kier molecular flexibility index (Phi) is 5.60. The number of rotatable bonds is 6. The monoisotopic (exact) mass is 474 g/mol. The molecule has 1 atom stereocenters. The highest BCUT2D eigenvalue weighted by atomic mass is 19.1. The average Bonchev–Trinajstić information content (AvgIpc) is 3.54. The van der Waals surface area contributed by atoms with Crippen LogP contribution < -0.4 is 15.0 Å². The highest BCUT2D eigenvalue weighted by Crippen LogP contribution is 2.38. The number of aromatic nitrogens is 2. The van der Waals surface area contributed by atoms with E-state index in [0.29, 0.717) is 28.6 Å². The van der Waals surface area contributed by atoms with Crippen LogP contribution in [0.4, 0.5) is 10.1 Å². The van der Waals surface area contributed by atoms with Crippen LogP contribution in [0.3, 0.4) is 0 Å². The minimum atomic E-state index is -1.34. The lowest BCUT2D eigenvalue weighted by Crippen LogP contribution is -2.64. The summed E-state index contributed by atoms with van der Waals surface area (Å²) in [6.07, 6.45) is 1.53. The third-order valence-electron chi connectivity index (χ3n) is 6.11. The van der Waals surface area contributed by atoms with Crippen LogP contribution in [0, 0.1) is 5.82 Å². The van der Waals surface area contributed by atoms with E-state index in [9.17, 15) is 14.0 Å². The van der Waals surface area contributed by atoms with Crippen molar-refractivity contribution in [1.82, 2.24) is 15.1 Å². The number of ether oxygens (including phenoxy) is 1. The smallest absolute Gasteiger partial charge is 0.277 e. The Hall–Kier alpha value is -4.40. The van der Waals surface area contributed by atoms with Gasteiger partial charge in [-0.3, -0.25) is 19.2 Å². The second kappa shape index (κ2) is 8.75. The van der Waals surface area contributed by atoms with Crippen LogP contribution in [0.25, 0.3) is 11.5 Å². The van der Waals surface area contributed by atoms with Crippen molar-refractivity contribution in [2.75, 3.05) is 12.0 Å². The normalized spacial score (nSPS) is 17.2. The molecule has 3 heterocycles. The minimum Gasteiger partial charge on any atom is -0.495 e. The van der Waals surface area contributed by atoms with Gasteiger partial charge >= 0.3 is 0 Å². The number of hydrogen-bond donors (Lipinski definition) is 1. The lowest BCUT2D eigenvalue weighted by molar-refractivity contribution is -0.126.